The third-order valence-corrected chi connectivity index (χ3v) is 4.65. The first kappa shape index (κ1) is 16.0. The molecule has 2 aliphatic rings. The fraction of sp³-hybridized carbons (Fsp3) is 0.556. The zero-order valence-electron chi connectivity index (χ0n) is 13.2. The van der Waals surface area contributed by atoms with E-state index >= 15 is 0 Å². The van der Waals surface area contributed by atoms with Crippen LogP contribution < -0.4 is 0 Å². The zero-order chi connectivity index (χ0) is 16.2. The molecule has 5 heteroatoms. The molecule has 1 aromatic rings. The van der Waals surface area contributed by atoms with E-state index in [1.807, 2.05) is 4.90 Å². The van der Waals surface area contributed by atoms with E-state index in [0.29, 0.717) is 18.7 Å². The van der Waals surface area contributed by atoms with Crippen molar-refractivity contribution in [2.75, 3.05) is 19.7 Å². The normalized spacial score (nSPS) is 18.9. The van der Waals surface area contributed by atoms with Crippen LogP contribution in [0, 0.1) is 5.92 Å². The molecule has 2 fully saturated rings. The van der Waals surface area contributed by atoms with E-state index in [9.17, 15) is 14.7 Å². The standard InChI is InChI=1S/C18H23NO4/c20-17(11-14-3-1-2-4-16(14)18(21)22)19-9-7-15(8-10-19)23-12-13-5-6-13/h1-4,13,15H,5-12H2,(H,21,22). The number of carboxylic acid groups (broad SMARTS) is 1. The van der Waals surface area contributed by atoms with E-state index in [1.54, 1.807) is 24.3 Å². The number of carboxylic acids is 1. The van der Waals surface area contributed by atoms with Crippen molar-refractivity contribution in [2.45, 2.75) is 38.2 Å². The van der Waals surface area contributed by atoms with Crippen LogP contribution in [0.15, 0.2) is 24.3 Å². The average molecular weight is 317 g/mol. The summed E-state index contributed by atoms with van der Waals surface area (Å²) in [6, 6.07) is 6.71. The largest absolute Gasteiger partial charge is 0.478 e. The summed E-state index contributed by atoms with van der Waals surface area (Å²) < 4.78 is 5.89. The molecule has 0 spiro atoms. The van der Waals surface area contributed by atoms with Crippen LogP contribution in [0.25, 0.3) is 0 Å². The van der Waals surface area contributed by atoms with Crippen LogP contribution in [0.1, 0.15) is 41.6 Å². The minimum atomic E-state index is -0.986. The van der Waals surface area contributed by atoms with Crippen LogP contribution in [0.4, 0.5) is 0 Å². The van der Waals surface area contributed by atoms with Crippen molar-refractivity contribution in [1.82, 2.24) is 4.90 Å². The molecule has 0 atom stereocenters. The van der Waals surface area contributed by atoms with Gasteiger partial charge in [-0.15, -0.1) is 0 Å². The molecule has 23 heavy (non-hydrogen) atoms. The molecule has 1 aliphatic heterocycles. The number of piperidine rings is 1. The third kappa shape index (κ3) is 4.32. The van der Waals surface area contributed by atoms with Gasteiger partial charge < -0.3 is 14.7 Å². The summed E-state index contributed by atoms with van der Waals surface area (Å²) in [5, 5.41) is 9.19. The number of nitrogens with zero attached hydrogens (tertiary/aromatic N) is 1. The first-order valence-electron chi connectivity index (χ1n) is 8.34. The third-order valence-electron chi connectivity index (χ3n) is 4.65. The highest BCUT2D eigenvalue weighted by Gasteiger charge is 2.27. The summed E-state index contributed by atoms with van der Waals surface area (Å²) in [6.07, 6.45) is 4.75. The summed E-state index contributed by atoms with van der Waals surface area (Å²) in [6.45, 7) is 2.26. The Balaban J connectivity index is 1.50. The van der Waals surface area contributed by atoms with Crippen molar-refractivity contribution in [1.29, 1.82) is 0 Å². The maximum Gasteiger partial charge on any atom is 0.335 e. The Morgan fingerprint density at radius 3 is 2.48 bits per heavy atom. The predicted octanol–water partition coefficient (Wildman–Crippen LogP) is 2.34. The first-order valence-corrected chi connectivity index (χ1v) is 8.34. The van der Waals surface area contributed by atoms with E-state index in [0.717, 1.165) is 25.4 Å². The molecule has 1 heterocycles. The van der Waals surface area contributed by atoms with Gasteiger partial charge in [0.1, 0.15) is 0 Å². The summed E-state index contributed by atoms with van der Waals surface area (Å²) in [5.41, 5.74) is 0.792. The van der Waals surface area contributed by atoms with Crippen LogP contribution in [-0.2, 0) is 16.0 Å². The van der Waals surface area contributed by atoms with Crippen LogP contribution in [0.3, 0.4) is 0 Å². The van der Waals surface area contributed by atoms with Gasteiger partial charge in [-0.3, -0.25) is 4.79 Å². The lowest BCUT2D eigenvalue weighted by molar-refractivity contribution is -0.133. The predicted molar refractivity (Wildman–Crippen MR) is 85.4 cm³/mol. The van der Waals surface area contributed by atoms with Gasteiger partial charge in [-0.2, -0.15) is 0 Å². The Bertz CT molecular complexity index is 574. The highest BCUT2D eigenvalue weighted by atomic mass is 16.5. The van der Waals surface area contributed by atoms with Crippen LogP contribution in [0.2, 0.25) is 0 Å². The minimum absolute atomic E-state index is 0.000608. The highest BCUT2D eigenvalue weighted by molar-refractivity contribution is 5.91. The molecule has 0 aromatic heterocycles. The number of carbonyl (C=O) groups excluding carboxylic acids is 1. The van der Waals surface area contributed by atoms with Gasteiger partial charge in [0, 0.05) is 19.7 Å². The number of benzene rings is 1. The Morgan fingerprint density at radius 1 is 1.13 bits per heavy atom. The smallest absolute Gasteiger partial charge is 0.335 e. The fourth-order valence-electron chi connectivity index (χ4n) is 2.99. The number of hydrogen-bond acceptors (Lipinski definition) is 3. The van der Waals surface area contributed by atoms with Gasteiger partial charge in [0.2, 0.25) is 5.91 Å². The van der Waals surface area contributed by atoms with Crippen molar-refractivity contribution in [3.63, 3.8) is 0 Å². The van der Waals surface area contributed by atoms with Crippen molar-refractivity contribution in [3.8, 4) is 0 Å². The Hall–Kier alpha value is -1.88. The molecule has 1 saturated carbocycles. The van der Waals surface area contributed by atoms with E-state index < -0.39 is 5.97 Å². The lowest BCUT2D eigenvalue weighted by Gasteiger charge is -2.32. The molecule has 1 aromatic carbocycles. The molecule has 1 saturated heterocycles. The van der Waals surface area contributed by atoms with E-state index in [1.165, 1.54) is 12.8 Å². The second-order valence-electron chi connectivity index (χ2n) is 6.50. The van der Waals surface area contributed by atoms with Crippen LogP contribution >= 0.6 is 0 Å². The highest BCUT2D eigenvalue weighted by Crippen LogP contribution is 2.30. The number of ether oxygens (including phenoxy) is 1. The van der Waals surface area contributed by atoms with Crippen molar-refractivity contribution in [3.05, 3.63) is 35.4 Å². The SMILES string of the molecule is O=C(O)c1ccccc1CC(=O)N1CCC(OCC2CC2)CC1. The molecule has 3 rings (SSSR count). The summed E-state index contributed by atoms with van der Waals surface area (Å²) in [7, 11) is 0. The van der Waals surface area contributed by atoms with Crippen molar-refractivity contribution in [2.24, 2.45) is 5.92 Å². The number of amides is 1. The number of hydrogen-bond donors (Lipinski definition) is 1. The van der Waals surface area contributed by atoms with Gasteiger partial charge in [0.25, 0.3) is 0 Å². The fourth-order valence-corrected chi connectivity index (χ4v) is 2.99. The van der Waals surface area contributed by atoms with Gasteiger partial charge in [-0.05, 0) is 43.2 Å². The zero-order valence-corrected chi connectivity index (χ0v) is 13.2. The second kappa shape index (κ2) is 7.13. The number of aromatic carboxylic acids is 1. The molecular formula is C18H23NO4. The number of likely N-dealkylation sites (tertiary alicyclic amines) is 1. The number of rotatable bonds is 6. The average Bonchev–Trinajstić information content (AvgIpc) is 3.38. The lowest BCUT2D eigenvalue weighted by atomic mass is 10.0. The maximum absolute atomic E-state index is 12.4. The summed E-state index contributed by atoms with van der Waals surface area (Å²) in [5.74, 6) is -0.220. The molecule has 0 unspecified atom stereocenters. The lowest BCUT2D eigenvalue weighted by Crippen LogP contribution is -2.41. The summed E-state index contributed by atoms with van der Waals surface area (Å²) in [4.78, 5) is 25.5. The molecule has 1 aliphatic carbocycles. The van der Waals surface area contributed by atoms with Crippen LogP contribution in [0.5, 0.6) is 0 Å². The van der Waals surface area contributed by atoms with E-state index in [4.69, 9.17) is 4.74 Å². The topological polar surface area (TPSA) is 66.8 Å². The van der Waals surface area contributed by atoms with Gasteiger partial charge in [0.15, 0.2) is 0 Å². The first-order chi connectivity index (χ1) is 11.1. The molecule has 5 nitrogen and oxygen atoms in total. The summed E-state index contributed by atoms with van der Waals surface area (Å²) >= 11 is 0. The molecule has 0 bridgehead atoms. The Labute approximate surface area is 136 Å². The van der Waals surface area contributed by atoms with E-state index in [2.05, 4.69) is 0 Å². The van der Waals surface area contributed by atoms with Gasteiger partial charge in [-0.25, -0.2) is 4.79 Å². The molecule has 124 valence electrons. The monoisotopic (exact) mass is 317 g/mol. The quantitative estimate of drug-likeness (QED) is 0.874. The van der Waals surface area contributed by atoms with Gasteiger partial charge in [0.05, 0.1) is 18.1 Å². The molecular weight excluding hydrogens is 294 g/mol. The molecule has 1 amide bonds. The Kier molecular flexibility index (Phi) is 4.96. The van der Waals surface area contributed by atoms with Crippen molar-refractivity contribution < 1.29 is 19.4 Å². The van der Waals surface area contributed by atoms with Gasteiger partial charge in [-0.1, -0.05) is 18.2 Å². The van der Waals surface area contributed by atoms with Crippen LogP contribution in [-0.4, -0.2) is 47.7 Å². The van der Waals surface area contributed by atoms with Gasteiger partial charge >= 0.3 is 5.97 Å². The number of carbonyl (C=O) groups is 2. The van der Waals surface area contributed by atoms with Crippen molar-refractivity contribution >= 4 is 11.9 Å². The second-order valence-corrected chi connectivity index (χ2v) is 6.50. The molecule has 1 N–H and O–H groups in total. The van der Waals surface area contributed by atoms with E-state index in [-0.39, 0.29) is 24.0 Å². The molecule has 0 radical (unpaired) electrons. The minimum Gasteiger partial charge on any atom is -0.478 e. The maximum atomic E-state index is 12.4. The Morgan fingerprint density at radius 2 is 1.83 bits per heavy atom.